The normalized spacial score (nSPS) is 40.2. The molecule has 1 amide bonds. The van der Waals surface area contributed by atoms with Crippen molar-refractivity contribution >= 4 is 11.9 Å². The highest BCUT2D eigenvalue weighted by Gasteiger charge is 2.74. The number of nitrogens with zero attached hydrogens (tertiary/aromatic N) is 1. The second-order valence-electron chi connectivity index (χ2n) is 19.8. The first-order chi connectivity index (χ1) is 26.2. The summed E-state index contributed by atoms with van der Waals surface area (Å²) in [6, 6.07) is 18.3. The van der Waals surface area contributed by atoms with Crippen LogP contribution in [0.1, 0.15) is 123 Å². The van der Waals surface area contributed by atoms with Gasteiger partial charge in [0.05, 0.1) is 18.2 Å². The fraction of sp³-hybridized carbons (Fsp3) is 0.633. The Balaban J connectivity index is 1.14. The van der Waals surface area contributed by atoms with Gasteiger partial charge in [-0.25, -0.2) is 4.79 Å². The van der Waals surface area contributed by atoms with Gasteiger partial charge in [0.25, 0.3) is 0 Å². The summed E-state index contributed by atoms with van der Waals surface area (Å²) >= 11 is 0. The summed E-state index contributed by atoms with van der Waals surface area (Å²) in [7, 11) is 0. The van der Waals surface area contributed by atoms with Crippen LogP contribution in [0.3, 0.4) is 0 Å². The predicted octanol–water partition coefficient (Wildman–Crippen LogP) is 10.4. The van der Waals surface area contributed by atoms with Crippen LogP contribution in [0.4, 0.5) is 4.79 Å². The fourth-order valence-corrected chi connectivity index (χ4v) is 13.5. The Morgan fingerprint density at radius 3 is 2.25 bits per heavy atom. The number of amides is 1. The Morgan fingerprint density at radius 1 is 0.873 bits per heavy atom. The van der Waals surface area contributed by atoms with Crippen molar-refractivity contribution in [2.75, 3.05) is 13.1 Å². The number of aliphatic hydroxyl groups excluding tert-OH is 1. The molecule has 6 nitrogen and oxygen atoms in total. The lowest BCUT2D eigenvalue weighted by molar-refractivity contribution is -0.175. The van der Waals surface area contributed by atoms with Crippen LogP contribution >= 0.6 is 0 Å². The topological polar surface area (TPSA) is 87.1 Å². The Hall–Kier alpha value is -3.22. The summed E-state index contributed by atoms with van der Waals surface area (Å²) in [5.74, 6) is 1.61. The van der Waals surface area contributed by atoms with Gasteiger partial charge in [-0.05, 0) is 110 Å². The number of benzene rings is 2. The van der Waals surface area contributed by atoms with Gasteiger partial charge in [0.1, 0.15) is 6.10 Å². The molecule has 0 saturated heterocycles. The maximum Gasteiger partial charge on any atom is 0.410 e. The molecule has 2 N–H and O–H groups in total. The number of aliphatic hydroxyl groups is 2. The maximum absolute atomic E-state index is 15.1. The molecule has 7 aliphatic rings. The van der Waals surface area contributed by atoms with Crippen molar-refractivity contribution in [1.29, 1.82) is 0 Å². The molecular formula is C49H65NO5. The SMILES string of the molecule is CCCN(CC1(O)CCC2C34C=CC5(C=C3C(=O)c3ccc(-c6ccccc6)cc3)CC(O)CCC5(C)C4CCC21C)C(=O)OC1CC(C)CCC1C(C)C. The zero-order valence-corrected chi connectivity index (χ0v) is 34.2. The van der Waals surface area contributed by atoms with E-state index in [9.17, 15) is 15.0 Å². The number of hydrogen-bond acceptors (Lipinski definition) is 5. The third-order valence-corrected chi connectivity index (χ3v) is 16.6. The van der Waals surface area contributed by atoms with Crippen molar-refractivity contribution in [1.82, 2.24) is 4.90 Å². The molecule has 7 aliphatic carbocycles. The summed E-state index contributed by atoms with van der Waals surface area (Å²) in [6.07, 6.45) is 15.6. The number of ketones is 1. The number of allylic oxidation sites excluding steroid dienone is 4. The molecule has 4 saturated carbocycles. The molecule has 0 aliphatic heterocycles. The average molecular weight is 748 g/mol. The third-order valence-electron chi connectivity index (χ3n) is 16.6. The molecule has 2 spiro atoms. The van der Waals surface area contributed by atoms with Crippen molar-refractivity contribution in [3.05, 3.63) is 84.0 Å². The molecule has 2 bridgehead atoms. The monoisotopic (exact) mass is 747 g/mol. The van der Waals surface area contributed by atoms with E-state index in [0.29, 0.717) is 42.7 Å². The zero-order chi connectivity index (χ0) is 39.0. The molecule has 2 aromatic carbocycles. The molecule has 296 valence electrons. The van der Waals surface area contributed by atoms with Gasteiger partial charge in [0.2, 0.25) is 0 Å². The molecule has 55 heavy (non-hydrogen) atoms. The van der Waals surface area contributed by atoms with E-state index in [1.807, 2.05) is 35.2 Å². The summed E-state index contributed by atoms with van der Waals surface area (Å²) < 4.78 is 6.41. The van der Waals surface area contributed by atoms with E-state index >= 15 is 4.79 Å². The van der Waals surface area contributed by atoms with E-state index in [1.54, 1.807) is 0 Å². The van der Waals surface area contributed by atoms with Gasteiger partial charge >= 0.3 is 6.09 Å². The molecule has 0 radical (unpaired) electrons. The Morgan fingerprint density at radius 2 is 1.55 bits per heavy atom. The first kappa shape index (κ1) is 38.6. The quantitative estimate of drug-likeness (QED) is 0.197. The number of ether oxygens (including phenoxy) is 1. The Bertz CT molecular complexity index is 1830. The molecule has 2 aromatic rings. The lowest BCUT2D eigenvalue weighted by Crippen LogP contribution is -2.67. The molecule has 11 atom stereocenters. The Labute approximate surface area is 329 Å². The summed E-state index contributed by atoms with van der Waals surface area (Å²) in [5.41, 5.74) is 1.03. The van der Waals surface area contributed by atoms with Crippen LogP contribution in [-0.2, 0) is 4.74 Å². The minimum Gasteiger partial charge on any atom is -0.446 e. The first-order valence-corrected chi connectivity index (χ1v) is 21.7. The predicted molar refractivity (Wildman–Crippen MR) is 218 cm³/mol. The van der Waals surface area contributed by atoms with Gasteiger partial charge in [-0.2, -0.15) is 0 Å². The van der Waals surface area contributed by atoms with Crippen LogP contribution in [0.2, 0.25) is 0 Å². The van der Waals surface area contributed by atoms with Gasteiger partial charge in [-0.3, -0.25) is 4.79 Å². The van der Waals surface area contributed by atoms with Gasteiger partial charge in [0.15, 0.2) is 5.78 Å². The standard InChI is InChI=1S/C49H65NO5/c1-7-27-50(44(53)55-40-28-33(4)13-18-38(40)32(2)3)31-48(54)24-21-42-46(48,6)23-20-41-45(5)22-19-37(51)29-47(45)25-26-49(41,42)39(30-47)43(52)36-16-14-35(15-17-36)34-11-9-8-10-12-34/h8-12,14-17,25-26,30,32-33,37-38,40-42,51,54H,7,13,18-24,27-29,31H2,1-6H3. The molecular weight excluding hydrogens is 683 g/mol. The van der Waals surface area contributed by atoms with Crippen molar-refractivity contribution < 1.29 is 24.5 Å². The van der Waals surface area contributed by atoms with Gasteiger partial charge in [0, 0.05) is 33.9 Å². The molecule has 11 unspecified atom stereocenters. The fourth-order valence-electron chi connectivity index (χ4n) is 13.5. The Kier molecular flexibility index (Phi) is 9.84. The van der Waals surface area contributed by atoms with E-state index in [1.165, 1.54) is 6.42 Å². The zero-order valence-electron chi connectivity index (χ0n) is 34.2. The first-order valence-electron chi connectivity index (χ1n) is 21.7. The van der Waals surface area contributed by atoms with Gasteiger partial charge < -0.3 is 19.8 Å². The third kappa shape index (κ3) is 5.93. The van der Waals surface area contributed by atoms with Crippen LogP contribution in [0.25, 0.3) is 11.1 Å². The average Bonchev–Trinajstić information content (AvgIpc) is 3.44. The van der Waals surface area contributed by atoms with Crippen molar-refractivity contribution in [2.45, 2.75) is 130 Å². The molecule has 6 heteroatoms. The van der Waals surface area contributed by atoms with Crippen molar-refractivity contribution in [3.63, 3.8) is 0 Å². The smallest absolute Gasteiger partial charge is 0.410 e. The highest BCUT2D eigenvalue weighted by Crippen LogP contribution is 2.78. The molecule has 0 aromatic heterocycles. The van der Waals surface area contributed by atoms with Crippen molar-refractivity contribution in [3.8, 4) is 11.1 Å². The van der Waals surface area contributed by atoms with Crippen molar-refractivity contribution in [2.24, 2.45) is 51.2 Å². The minimum absolute atomic E-state index is 0.0183. The number of carbonyl (C=O) groups excluding carboxylic acids is 2. The lowest BCUT2D eigenvalue weighted by atomic mass is 9.32. The number of Topliss-reactive ketones (excluding diaryl/α,β-unsaturated/α-hetero) is 1. The van der Waals surface area contributed by atoms with E-state index < -0.39 is 22.5 Å². The number of rotatable bonds is 9. The molecule has 4 fully saturated rings. The van der Waals surface area contributed by atoms with Gasteiger partial charge in [-0.15, -0.1) is 0 Å². The number of fused-ring (bicyclic) bond motifs is 1. The van der Waals surface area contributed by atoms with E-state index in [4.69, 9.17) is 4.74 Å². The second-order valence-corrected chi connectivity index (χ2v) is 19.8. The second kappa shape index (κ2) is 14.0. The molecule has 9 rings (SSSR count). The number of carbonyl (C=O) groups is 2. The van der Waals surface area contributed by atoms with Gasteiger partial charge in [-0.1, -0.05) is 121 Å². The van der Waals surface area contributed by atoms with Crippen LogP contribution in [0.5, 0.6) is 0 Å². The highest BCUT2D eigenvalue weighted by atomic mass is 16.6. The lowest BCUT2D eigenvalue weighted by Gasteiger charge is -2.71. The van der Waals surface area contributed by atoms with E-state index in [0.717, 1.165) is 68.1 Å². The summed E-state index contributed by atoms with van der Waals surface area (Å²) in [4.78, 5) is 31.1. The summed E-state index contributed by atoms with van der Waals surface area (Å²) in [5, 5.41) is 24.2. The van der Waals surface area contributed by atoms with Crippen LogP contribution < -0.4 is 0 Å². The number of hydrogen-bond donors (Lipinski definition) is 2. The van der Waals surface area contributed by atoms with E-state index in [2.05, 4.69) is 84.0 Å². The largest absolute Gasteiger partial charge is 0.446 e. The maximum atomic E-state index is 15.1. The van der Waals surface area contributed by atoms with Crippen LogP contribution in [0, 0.1) is 51.2 Å². The highest BCUT2D eigenvalue weighted by molar-refractivity contribution is 6.10. The van der Waals surface area contributed by atoms with Crippen LogP contribution in [0.15, 0.2) is 78.4 Å². The molecule has 0 heterocycles. The summed E-state index contributed by atoms with van der Waals surface area (Å²) in [6.45, 7) is 14.3. The minimum atomic E-state index is -1.13. The van der Waals surface area contributed by atoms with Crippen LogP contribution in [-0.4, -0.2) is 57.9 Å². The van der Waals surface area contributed by atoms with E-state index in [-0.39, 0.29) is 47.2 Å².